The monoisotopic (exact) mass is 664 g/mol. The molecule has 0 saturated carbocycles. The predicted molar refractivity (Wildman–Crippen MR) is 161 cm³/mol. The molecule has 0 amide bonds. The van der Waals surface area contributed by atoms with E-state index in [4.69, 9.17) is 30.5 Å². The number of carbonyl (C=O) groups is 1. The maximum absolute atomic E-state index is 15.2. The second kappa shape index (κ2) is 14.7. The van der Waals surface area contributed by atoms with Gasteiger partial charge in [-0.1, -0.05) is 35.9 Å². The zero-order valence-electron chi connectivity index (χ0n) is 23.8. The summed E-state index contributed by atoms with van der Waals surface area (Å²) in [6.07, 6.45) is 0.711. The van der Waals surface area contributed by atoms with Gasteiger partial charge in [-0.3, -0.25) is 0 Å². The molecular weight excluding hydrogens is 639 g/mol. The molecule has 45 heavy (non-hydrogen) atoms. The van der Waals surface area contributed by atoms with Crippen LogP contribution in [0.3, 0.4) is 0 Å². The highest BCUT2D eigenvalue weighted by Crippen LogP contribution is 2.38. The number of thioether (sulfide) groups is 1. The van der Waals surface area contributed by atoms with Gasteiger partial charge in [0.15, 0.2) is 17.5 Å². The number of methoxy groups -OCH3 is 1. The summed E-state index contributed by atoms with van der Waals surface area (Å²) in [7, 11) is 1.63. The van der Waals surface area contributed by atoms with Crippen molar-refractivity contribution in [1.82, 2.24) is 0 Å². The van der Waals surface area contributed by atoms with Gasteiger partial charge in [-0.25, -0.2) is 26.7 Å². The van der Waals surface area contributed by atoms with Crippen molar-refractivity contribution in [3.8, 4) is 28.0 Å². The molecule has 1 aliphatic heterocycles. The van der Waals surface area contributed by atoms with Crippen molar-refractivity contribution in [3.63, 3.8) is 0 Å². The van der Waals surface area contributed by atoms with Gasteiger partial charge in [0.2, 0.25) is 0 Å². The Bertz CT molecular complexity index is 1630. The van der Waals surface area contributed by atoms with E-state index in [9.17, 15) is 18.0 Å². The molecule has 0 N–H and O–H groups in total. The summed E-state index contributed by atoms with van der Waals surface area (Å²) >= 11 is 7.75. The summed E-state index contributed by atoms with van der Waals surface area (Å²) in [4.78, 5) is 12.8. The lowest BCUT2D eigenvalue weighted by atomic mass is 10.0. The Morgan fingerprint density at radius 2 is 1.58 bits per heavy atom. The number of carbonyl (C=O) groups excluding carboxylic acids is 1. The molecule has 4 aromatic rings. The Balaban J connectivity index is 1.24. The fourth-order valence-corrected chi connectivity index (χ4v) is 6.04. The second-order valence-electron chi connectivity index (χ2n) is 10.1. The molecule has 1 saturated heterocycles. The number of benzene rings is 4. The molecule has 0 spiro atoms. The Labute approximate surface area is 265 Å². The highest BCUT2D eigenvalue weighted by Gasteiger charge is 2.26. The van der Waals surface area contributed by atoms with Crippen LogP contribution in [0.15, 0.2) is 66.7 Å². The van der Waals surface area contributed by atoms with Crippen molar-refractivity contribution in [2.75, 3.05) is 32.7 Å². The average Bonchev–Trinajstić information content (AvgIpc) is 3.02. The third-order valence-electron chi connectivity index (χ3n) is 6.92. The molecular formula is C33H26ClF5O5S. The minimum Gasteiger partial charge on any atom is -0.423 e. The van der Waals surface area contributed by atoms with Gasteiger partial charge in [0.05, 0.1) is 17.7 Å². The molecule has 2 unspecified atom stereocenters. The van der Waals surface area contributed by atoms with Crippen LogP contribution in [0.5, 0.6) is 5.75 Å². The van der Waals surface area contributed by atoms with Crippen molar-refractivity contribution in [2.45, 2.75) is 18.0 Å². The first kappa shape index (κ1) is 32.9. The number of halogens is 6. The van der Waals surface area contributed by atoms with Gasteiger partial charge < -0.3 is 18.9 Å². The zero-order chi connectivity index (χ0) is 32.1. The quantitative estimate of drug-likeness (QED) is 0.0556. The van der Waals surface area contributed by atoms with Gasteiger partial charge in [-0.05, 0) is 71.1 Å². The van der Waals surface area contributed by atoms with Gasteiger partial charge >= 0.3 is 5.97 Å². The lowest BCUT2D eigenvalue weighted by Gasteiger charge is -2.29. The number of ether oxygens (including phenoxy) is 4. The van der Waals surface area contributed by atoms with Crippen LogP contribution >= 0.6 is 23.4 Å². The summed E-state index contributed by atoms with van der Waals surface area (Å²) in [5.41, 5.74) is 0.215. The molecule has 1 aliphatic rings. The molecule has 12 heteroatoms. The van der Waals surface area contributed by atoms with E-state index in [0.29, 0.717) is 36.7 Å². The number of esters is 1. The highest BCUT2D eigenvalue weighted by atomic mass is 35.5. The Morgan fingerprint density at radius 1 is 0.867 bits per heavy atom. The maximum atomic E-state index is 15.2. The fourth-order valence-electron chi connectivity index (χ4n) is 4.66. The summed E-state index contributed by atoms with van der Waals surface area (Å²) in [6, 6.07) is 13.8. The van der Waals surface area contributed by atoms with Crippen LogP contribution in [0.25, 0.3) is 22.3 Å². The van der Waals surface area contributed by atoms with Gasteiger partial charge in [-0.2, -0.15) is 0 Å². The van der Waals surface area contributed by atoms with E-state index in [1.807, 2.05) is 0 Å². The van der Waals surface area contributed by atoms with E-state index < -0.39 is 46.1 Å². The molecule has 5 nitrogen and oxygen atoms in total. The molecule has 0 aromatic heterocycles. The van der Waals surface area contributed by atoms with Gasteiger partial charge in [0, 0.05) is 31.6 Å². The summed E-state index contributed by atoms with van der Waals surface area (Å²) in [5, 5.41) is -0.296. The molecule has 0 bridgehead atoms. The second-order valence-corrected chi connectivity index (χ2v) is 11.6. The molecule has 236 valence electrons. The van der Waals surface area contributed by atoms with Crippen molar-refractivity contribution < 1.29 is 45.7 Å². The van der Waals surface area contributed by atoms with Crippen molar-refractivity contribution >= 4 is 29.3 Å². The average molecular weight is 665 g/mol. The molecule has 0 aliphatic carbocycles. The summed E-state index contributed by atoms with van der Waals surface area (Å²) < 4.78 is 92.7. The number of rotatable bonds is 10. The SMILES string of the molecule is COCCCOC1COC(c2ccc(-c3cc(F)c(C(=O)Oc4ccc(-c5cc(F)c(F)c(F)c5)cc4)c(Cl)c3)c(F)c2)SC1. The van der Waals surface area contributed by atoms with Gasteiger partial charge in [0.25, 0.3) is 0 Å². The topological polar surface area (TPSA) is 54.0 Å². The van der Waals surface area contributed by atoms with E-state index in [1.165, 1.54) is 54.2 Å². The minimum atomic E-state index is -1.59. The largest absolute Gasteiger partial charge is 0.423 e. The van der Waals surface area contributed by atoms with Crippen molar-refractivity contribution in [3.05, 3.63) is 112 Å². The normalized spacial score (nSPS) is 16.5. The number of hydrogen-bond donors (Lipinski definition) is 0. The Hall–Kier alpha value is -3.48. The highest BCUT2D eigenvalue weighted by molar-refractivity contribution is 7.99. The fraction of sp³-hybridized carbons (Fsp3) is 0.242. The smallest absolute Gasteiger partial charge is 0.348 e. The molecule has 2 atom stereocenters. The first-order chi connectivity index (χ1) is 21.6. The van der Waals surface area contributed by atoms with E-state index >= 15 is 8.78 Å². The first-order valence-corrected chi connectivity index (χ1v) is 15.2. The van der Waals surface area contributed by atoms with Crippen LogP contribution in [0, 0.1) is 29.1 Å². The Morgan fingerprint density at radius 3 is 2.20 bits per heavy atom. The van der Waals surface area contributed by atoms with Crippen LogP contribution in [-0.2, 0) is 14.2 Å². The maximum Gasteiger partial charge on any atom is 0.348 e. The third-order valence-corrected chi connectivity index (χ3v) is 8.49. The summed E-state index contributed by atoms with van der Waals surface area (Å²) in [6.45, 7) is 1.54. The van der Waals surface area contributed by atoms with E-state index in [0.717, 1.165) is 24.6 Å². The minimum absolute atomic E-state index is 0.0141. The van der Waals surface area contributed by atoms with Gasteiger partial charge in [-0.15, -0.1) is 11.8 Å². The number of hydrogen-bond acceptors (Lipinski definition) is 6. The van der Waals surface area contributed by atoms with Crippen molar-refractivity contribution in [2.24, 2.45) is 0 Å². The molecule has 0 radical (unpaired) electrons. The zero-order valence-corrected chi connectivity index (χ0v) is 25.3. The molecule has 1 fully saturated rings. The molecule has 4 aromatic carbocycles. The van der Waals surface area contributed by atoms with E-state index in [-0.39, 0.29) is 33.6 Å². The van der Waals surface area contributed by atoms with Gasteiger partial charge in [0.1, 0.15) is 28.4 Å². The molecule has 5 rings (SSSR count). The molecule has 1 heterocycles. The van der Waals surface area contributed by atoms with Crippen LogP contribution < -0.4 is 4.74 Å². The van der Waals surface area contributed by atoms with Crippen LogP contribution in [0.1, 0.15) is 27.8 Å². The third kappa shape index (κ3) is 7.85. The predicted octanol–water partition coefficient (Wildman–Crippen LogP) is 8.77. The lowest BCUT2D eigenvalue weighted by Crippen LogP contribution is -2.29. The van der Waals surface area contributed by atoms with E-state index in [2.05, 4.69) is 0 Å². The van der Waals surface area contributed by atoms with Crippen LogP contribution in [-0.4, -0.2) is 44.8 Å². The summed E-state index contributed by atoms with van der Waals surface area (Å²) in [5.74, 6) is -6.39. The van der Waals surface area contributed by atoms with E-state index in [1.54, 1.807) is 13.2 Å². The lowest BCUT2D eigenvalue weighted by molar-refractivity contribution is -0.0254. The van der Waals surface area contributed by atoms with Crippen molar-refractivity contribution in [1.29, 1.82) is 0 Å². The van der Waals surface area contributed by atoms with Crippen LogP contribution in [0.4, 0.5) is 22.0 Å². The van der Waals surface area contributed by atoms with Crippen LogP contribution in [0.2, 0.25) is 5.02 Å². The first-order valence-electron chi connectivity index (χ1n) is 13.7. The Kier molecular flexibility index (Phi) is 10.8. The standard InChI is InChI=1S/C33H26ClF5O5S/c1-41-9-2-10-42-23-16-43-33(45-17-23)19-5-8-24(26(35)12-19)21-11-25(34)30(27(36)15-21)32(40)44-22-6-3-18(4-7-22)20-13-28(37)31(39)29(38)14-20/h3-8,11-15,23,33H,2,9-10,16-17H2,1H3.